The molecule has 0 aliphatic heterocycles. The third-order valence-corrected chi connectivity index (χ3v) is 5.22. The minimum absolute atomic E-state index is 0.0564. The third-order valence-electron chi connectivity index (χ3n) is 3.52. The molecular weight excluding hydrogens is 374 g/mol. The first-order chi connectivity index (χ1) is 12.5. The molecule has 130 valence electrons. The van der Waals surface area contributed by atoms with Crippen LogP contribution in [0.15, 0.2) is 40.8 Å². The molecule has 0 radical (unpaired) electrons. The highest BCUT2D eigenvalue weighted by molar-refractivity contribution is 7.22. The number of nitrogens with zero attached hydrogens (tertiary/aromatic N) is 3. The van der Waals surface area contributed by atoms with E-state index >= 15 is 0 Å². The number of carbonyl (C=O) groups is 2. The van der Waals surface area contributed by atoms with Crippen LogP contribution in [0.3, 0.4) is 0 Å². The monoisotopic (exact) mass is 385 g/mol. The number of fused-ring (bicyclic) bond motifs is 2. The highest BCUT2D eigenvalue weighted by Crippen LogP contribution is 2.28. The quantitative estimate of drug-likeness (QED) is 0.564. The second kappa shape index (κ2) is 6.32. The molecule has 0 fully saturated rings. The summed E-state index contributed by atoms with van der Waals surface area (Å²) in [6.45, 7) is 1.43. The third kappa shape index (κ3) is 2.95. The zero-order chi connectivity index (χ0) is 18.3. The molecule has 10 heteroatoms. The zero-order valence-electron chi connectivity index (χ0n) is 13.3. The van der Waals surface area contributed by atoms with Crippen molar-refractivity contribution in [2.45, 2.75) is 6.92 Å². The fourth-order valence-corrected chi connectivity index (χ4v) is 3.98. The number of hydrogen-bond acceptors (Lipinski definition) is 7. The molecule has 8 nitrogen and oxygen atoms in total. The highest BCUT2D eigenvalue weighted by atomic mass is 32.1. The Balaban J connectivity index is 1.63. The van der Waals surface area contributed by atoms with Crippen LogP contribution in [0.2, 0.25) is 0 Å². The summed E-state index contributed by atoms with van der Waals surface area (Å²) < 4.78 is 2.13. The summed E-state index contributed by atoms with van der Waals surface area (Å²) >= 11 is 2.57. The number of nitrogens with one attached hydrogen (secondary N) is 2. The summed E-state index contributed by atoms with van der Waals surface area (Å²) in [5, 5.41) is 7.42. The Morgan fingerprint density at radius 1 is 1.23 bits per heavy atom. The van der Waals surface area contributed by atoms with Gasteiger partial charge in [-0.15, -0.1) is 11.3 Å². The maximum atomic E-state index is 12.4. The largest absolute Gasteiger partial charge is 0.326 e. The molecule has 0 spiro atoms. The molecule has 0 saturated heterocycles. The lowest BCUT2D eigenvalue weighted by Crippen LogP contribution is -2.25. The van der Waals surface area contributed by atoms with Crippen molar-refractivity contribution >= 4 is 60.5 Å². The first-order valence-corrected chi connectivity index (χ1v) is 9.15. The van der Waals surface area contributed by atoms with Gasteiger partial charge in [0.2, 0.25) is 5.91 Å². The molecule has 0 atom stereocenters. The Hall–Kier alpha value is -3.11. The second-order valence-corrected chi connectivity index (χ2v) is 7.27. The Morgan fingerprint density at radius 3 is 2.88 bits per heavy atom. The lowest BCUT2D eigenvalue weighted by molar-refractivity contribution is -0.114. The molecule has 3 aromatic heterocycles. The predicted molar refractivity (Wildman–Crippen MR) is 101 cm³/mol. The van der Waals surface area contributed by atoms with Crippen LogP contribution in [0.1, 0.15) is 17.3 Å². The number of thiazole rings is 2. The van der Waals surface area contributed by atoms with Gasteiger partial charge in [0.25, 0.3) is 11.5 Å². The second-order valence-electron chi connectivity index (χ2n) is 5.37. The fraction of sp³-hybridized carbons (Fsp3) is 0.0625. The van der Waals surface area contributed by atoms with E-state index in [0.29, 0.717) is 21.3 Å². The average molecular weight is 385 g/mol. The van der Waals surface area contributed by atoms with Crippen molar-refractivity contribution in [3.8, 4) is 0 Å². The number of anilines is 2. The van der Waals surface area contributed by atoms with E-state index in [-0.39, 0.29) is 11.5 Å². The topological polar surface area (TPSA) is 105 Å². The maximum Gasteiger partial charge on any atom is 0.271 e. The van der Waals surface area contributed by atoms with Crippen LogP contribution in [0, 0.1) is 0 Å². The normalized spacial score (nSPS) is 11.0. The molecule has 0 bridgehead atoms. The number of benzene rings is 1. The van der Waals surface area contributed by atoms with Crippen molar-refractivity contribution < 1.29 is 9.59 Å². The van der Waals surface area contributed by atoms with Crippen LogP contribution < -0.4 is 16.2 Å². The smallest absolute Gasteiger partial charge is 0.271 e. The summed E-state index contributed by atoms with van der Waals surface area (Å²) in [6, 6.07) is 5.26. The summed E-state index contributed by atoms with van der Waals surface area (Å²) in [5.74, 6) is -0.733. The zero-order valence-corrected chi connectivity index (χ0v) is 15.0. The van der Waals surface area contributed by atoms with E-state index in [1.54, 1.807) is 29.8 Å². The molecule has 0 aliphatic carbocycles. The number of amides is 2. The highest BCUT2D eigenvalue weighted by Gasteiger charge is 2.16. The average Bonchev–Trinajstić information content (AvgIpc) is 3.20. The molecule has 0 aliphatic rings. The first-order valence-electron chi connectivity index (χ1n) is 7.45. The summed E-state index contributed by atoms with van der Waals surface area (Å²) in [7, 11) is 0. The van der Waals surface area contributed by atoms with Crippen molar-refractivity contribution in [1.82, 2.24) is 14.4 Å². The van der Waals surface area contributed by atoms with Crippen LogP contribution in [0.5, 0.6) is 0 Å². The van der Waals surface area contributed by atoms with Crippen LogP contribution in [0.25, 0.3) is 15.2 Å². The Kier molecular flexibility index (Phi) is 3.98. The van der Waals surface area contributed by atoms with Crippen molar-refractivity contribution in [3.63, 3.8) is 0 Å². The molecule has 0 saturated carbocycles. The summed E-state index contributed by atoms with van der Waals surface area (Å²) in [4.78, 5) is 44.9. The van der Waals surface area contributed by atoms with Crippen molar-refractivity contribution in [3.05, 3.63) is 51.9 Å². The number of rotatable bonds is 3. The van der Waals surface area contributed by atoms with E-state index in [9.17, 15) is 14.4 Å². The lowest BCUT2D eigenvalue weighted by Gasteiger charge is -2.01. The molecular formula is C16H11N5O3S2. The van der Waals surface area contributed by atoms with Gasteiger partial charge < -0.3 is 5.32 Å². The Labute approximate surface area is 154 Å². The van der Waals surface area contributed by atoms with Gasteiger partial charge in [0.1, 0.15) is 5.56 Å². The van der Waals surface area contributed by atoms with E-state index in [1.807, 2.05) is 0 Å². The Morgan fingerprint density at radius 2 is 2.08 bits per heavy atom. The number of hydrogen-bond donors (Lipinski definition) is 2. The van der Waals surface area contributed by atoms with Gasteiger partial charge in [-0.2, -0.15) is 0 Å². The van der Waals surface area contributed by atoms with Gasteiger partial charge in [0.15, 0.2) is 10.1 Å². The SMILES string of the molecule is CC(=O)Nc1ccc2nc(NC(=O)c3cnc4sccn4c3=O)sc2c1. The predicted octanol–water partition coefficient (Wildman–Crippen LogP) is 2.58. The lowest BCUT2D eigenvalue weighted by atomic mass is 10.3. The van der Waals surface area contributed by atoms with Gasteiger partial charge in [-0.3, -0.25) is 24.1 Å². The summed E-state index contributed by atoms with van der Waals surface area (Å²) in [5.41, 5.74) is 0.848. The van der Waals surface area contributed by atoms with Crippen LogP contribution in [-0.2, 0) is 4.79 Å². The van der Waals surface area contributed by atoms with E-state index in [4.69, 9.17) is 0 Å². The van der Waals surface area contributed by atoms with Crippen molar-refractivity contribution in [2.24, 2.45) is 0 Å². The van der Waals surface area contributed by atoms with Gasteiger partial charge >= 0.3 is 0 Å². The van der Waals surface area contributed by atoms with E-state index < -0.39 is 11.5 Å². The maximum absolute atomic E-state index is 12.4. The molecule has 26 heavy (non-hydrogen) atoms. The summed E-state index contributed by atoms with van der Waals surface area (Å²) in [6.07, 6.45) is 2.85. The minimum Gasteiger partial charge on any atom is -0.326 e. The first kappa shape index (κ1) is 16.4. The fourth-order valence-electron chi connectivity index (χ4n) is 2.40. The molecule has 2 N–H and O–H groups in total. The number of aromatic nitrogens is 3. The van der Waals surface area contributed by atoms with Crippen LogP contribution in [0.4, 0.5) is 10.8 Å². The van der Waals surface area contributed by atoms with Crippen LogP contribution in [-0.4, -0.2) is 26.2 Å². The number of carbonyl (C=O) groups excluding carboxylic acids is 2. The molecule has 4 aromatic rings. The molecule has 3 heterocycles. The molecule has 2 amide bonds. The molecule has 4 rings (SSSR count). The van der Waals surface area contributed by atoms with Gasteiger partial charge in [0.05, 0.1) is 10.2 Å². The molecule has 1 aromatic carbocycles. The Bertz CT molecular complexity index is 1220. The van der Waals surface area contributed by atoms with Crippen molar-refractivity contribution in [2.75, 3.05) is 10.6 Å². The van der Waals surface area contributed by atoms with E-state index in [1.165, 1.54) is 40.2 Å². The van der Waals surface area contributed by atoms with Gasteiger partial charge in [-0.05, 0) is 18.2 Å². The van der Waals surface area contributed by atoms with Crippen LogP contribution >= 0.6 is 22.7 Å². The van der Waals surface area contributed by atoms with Crippen molar-refractivity contribution in [1.29, 1.82) is 0 Å². The minimum atomic E-state index is -0.566. The van der Waals surface area contributed by atoms with E-state index in [0.717, 1.165) is 4.70 Å². The standard InChI is InChI=1S/C16H11N5O3S2/c1-8(22)18-9-2-3-11-12(6-9)26-15(19-11)20-13(23)10-7-17-16-21(14(10)24)4-5-25-16/h2-7H,1H3,(H,18,22)(H,19,20,23). The van der Waals surface area contributed by atoms with Gasteiger partial charge in [-0.25, -0.2) is 9.97 Å². The van der Waals surface area contributed by atoms with Gasteiger partial charge in [-0.1, -0.05) is 11.3 Å². The van der Waals surface area contributed by atoms with Gasteiger partial charge in [0, 0.05) is 30.4 Å². The molecule has 0 unspecified atom stereocenters. The van der Waals surface area contributed by atoms with E-state index in [2.05, 4.69) is 20.6 Å².